The van der Waals surface area contributed by atoms with E-state index in [1.165, 1.54) is 0 Å². The van der Waals surface area contributed by atoms with Crippen LogP contribution in [0.5, 0.6) is 0 Å². The van der Waals surface area contributed by atoms with Crippen LogP contribution in [0, 0.1) is 0 Å². The van der Waals surface area contributed by atoms with Gasteiger partial charge < -0.3 is 0 Å². The minimum Gasteiger partial charge on any atom is -0.244 e. The summed E-state index contributed by atoms with van der Waals surface area (Å²) in [5, 5.41) is 9.67. The van der Waals surface area contributed by atoms with E-state index in [1.54, 1.807) is 18.2 Å². The summed E-state index contributed by atoms with van der Waals surface area (Å²) >= 11 is 11.7. The van der Waals surface area contributed by atoms with Crippen LogP contribution in [0.3, 0.4) is 0 Å². The maximum Gasteiger partial charge on any atom is 0.365 e. The molecule has 0 aliphatic heterocycles. The van der Waals surface area contributed by atoms with Crippen LogP contribution < -0.4 is 5.69 Å². The first-order valence-electron chi connectivity index (χ1n) is 3.65. The van der Waals surface area contributed by atoms with E-state index >= 15 is 0 Å². The maximum absolute atomic E-state index is 11.2. The Morgan fingerprint density at radius 3 is 2.79 bits per heavy atom. The van der Waals surface area contributed by atoms with E-state index in [2.05, 4.69) is 15.5 Å². The normalized spacial score (nSPS) is 10.4. The van der Waals surface area contributed by atoms with Gasteiger partial charge in [-0.25, -0.2) is 9.89 Å². The Balaban J connectivity index is 2.69. The van der Waals surface area contributed by atoms with Gasteiger partial charge in [0.2, 0.25) is 0 Å². The highest BCUT2D eigenvalue weighted by atomic mass is 35.5. The van der Waals surface area contributed by atoms with Gasteiger partial charge in [-0.3, -0.25) is 0 Å². The molecule has 0 radical (unpaired) electrons. The zero-order valence-corrected chi connectivity index (χ0v) is 8.25. The number of nitrogens with zero attached hydrogens (tertiary/aromatic N) is 3. The molecule has 0 atom stereocenters. The lowest BCUT2D eigenvalue weighted by atomic mass is 10.3. The number of benzene rings is 1. The molecule has 5 nitrogen and oxygen atoms in total. The number of aromatic nitrogens is 4. The molecule has 0 amide bonds. The van der Waals surface area contributed by atoms with Crippen LogP contribution in [0.4, 0.5) is 0 Å². The third-order valence-corrected chi connectivity index (χ3v) is 2.44. The summed E-state index contributed by atoms with van der Waals surface area (Å²) in [5.74, 6) is 0. The minimum atomic E-state index is -0.464. The first-order chi connectivity index (χ1) is 6.70. The molecule has 0 saturated heterocycles. The van der Waals surface area contributed by atoms with E-state index in [1.807, 2.05) is 0 Å². The Bertz CT molecular complexity index is 518. The number of rotatable bonds is 1. The van der Waals surface area contributed by atoms with Crippen LogP contribution in [0.1, 0.15) is 0 Å². The predicted molar refractivity (Wildman–Crippen MR) is 52.0 cm³/mol. The highest BCUT2D eigenvalue weighted by Gasteiger charge is 2.09. The molecule has 2 rings (SSSR count). The standard InChI is InChI=1S/C7H4Cl2N4O/c8-4-2-1-3-5(6(4)9)13-7(14)10-11-12-13/h1-3H,(H,10,12,14). The lowest BCUT2D eigenvalue weighted by Gasteiger charge is -2.01. The zero-order chi connectivity index (χ0) is 10.1. The Morgan fingerprint density at radius 1 is 1.36 bits per heavy atom. The molecule has 14 heavy (non-hydrogen) atoms. The van der Waals surface area contributed by atoms with Gasteiger partial charge in [0, 0.05) is 0 Å². The van der Waals surface area contributed by atoms with Crippen molar-refractivity contribution in [3.05, 3.63) is 38.7 Å². The Hall–Kier alpha value is -1.33. The third-order valence-electron chi connectivity index (χ3n) is 1.63. The van der Waals surface area contributed by atoms with Crippen LogP contribution in [0.15, 0.2) is 23.0 Å². The minimum absolute atomic E-state index is 0.269. The summed E-state index contributed by atoms with van der Waals surface area (Å²) in [6.45, 7) is 0. The highest BCUT2D eigenvalue weighted by Crippen LogP contribution is 2.26. The van der Waals surface area contributed by atoms with Crippen molar-refractivity contribution in [1.29, 1.82) is 0 Å². The quantitative estimate of drug-likeness (QED) is 0.803. The van der Waals surface area contributed by atoms with Crippen LogP contribution in [0.25, 0.3) is 5.69 Å². The molecule has 2 aromatic rings. The molecule has 1 aromatic carbocycles. The smallest absolute Gasteiger partial charge is 0.244 e. The van der Waals surface area contributed by atoms with Gasteiger partial charge in [0.05, 0.1) is 15.7 Å². The average Bonchev–Trinajstić information content (AvgIpc) is 2.57. The second-order valence-electron chi connectivity index (χ2n) is 2.49. The summed E-state index contributed by atoms with van der Waals surface area (Å²) < 4.78 is 1.04. The predicted octanol–water partition coefficient (Wildman–Crippen LogP) is 1.26. The van der Waals surface area contributed by atoms with Crippen LogP contribution in [0.2, 0.25) is 10.0 Å². The number of tetrazole rings is 1. The van der Waals surface area contributed by atoms with E-state index in [0.717, 1.165) is 4.68 Å². The topological polar surface area (TPSA) is 63.6 Å². The Morgan fingerprint density at radius 2 is 2.14 bits per heavy atom. The number of aromatic amines is 1. The summed E-state index contributed by atoms with van der Waals surface area (Å²) in [5.41, 5.74) is -0.0629. The second kappa shape index (κ2) is 3.43. The van der Waals surface area contributed by atoms with E-state index < -0.39 is 5.69 Å². The lowest BCUT2D eigenvalue weighted by Crippen LogP contribution is -2.16. The number of hydrogen-bond acceptors (Lipinski definition) is 3. The van der Waals surface area contributed by atoms with E-state index in [0.29, 0.717) is 10.7 Å². The number of nitrogens with one attached hydrogen (secondary N) is 1. The number of H-pyrrole nitrogens is 1. The largest absolute Gasteiger partial charge is 0.365 e. The molecule has 72 valence electrons. The molecule has 0 spiro atoms. The summed E-state index contributed by atoms with van der Waals surface area (Å²) in [4.78, 5) is 11.2. The average molecular weight is 231 g/mol. The van der Waals surface area contributed by atoms with Crippen molar-refractivity contribution in [2.75, 3.05) is 0 Å². The van der Waals surface area contributed by atoms with Crippen LogP contribution in [-0.2, 0) is 0 Å². The Kier molecular flexibility index (Phi) is 2.26. The molecule has 0 bridgehead atoms. The molecule has 0 fully saturated rings. The van der Waals surface area contributed by atoms with Crippen molar-refractivity contribution in [3.63, 3.8) is 0 Å². The Labute approximate surface area is 88.2 Å². The number of hydrogen-bond donors (Lipinski definition) is 1. The monoisotopic (exact) mass is 230 g/mol. The molecular formula is C7H4Cl2N4O. The second-order valence-corrected chi connectivity index (χ2v) is 3.28. The highest BCUT2D eigenvalue weighted by molar-refractivity contribution is 6.43. The van der Waals surface area contributed by atoms with Crippen molar-refractivity contribution >= 4 is 23.2 Å². The van der Waals surface area contributed by atoms with E-state index in [9.17, 15) is 4.79 Å². The fourth-order valence-electron chi connectivity index (χ4n) is 1.01. The molecule has 0 aliphatic rings. The van der Waals surface area contributed by atoms with Gasteiger partial charge in [-0.15, -0.1) is 0 Å². The van der Waals surface area contributed by atoms with Crippen LogP contribution >= 0.6 is 23.2 Å². The van der Waals surface area contributed by atoms with Crippen molar-refractivity contribution in [3.8, 4) is 5.69 Å². The van der Waals surface area contributed by atoms with Gasteiger partial charge in [-0.05, 0) is 22.6 Å². The van der Waals surface area contributed by atoms with Gasteiger partial charge in [-0.1, -0.05) is 29.3 Å². The number of halogens is 2. The van der Waals surface area contributed by atoms with Gasteiger partial charge in [0.1, 0.15) is 0 Å². The van der Waals surface area contributed by atoms with E-state index in [4.69, 9.17) is 23.2 Å². The molecule has 1 heterocycles. The first kappa shape index (κ1) is 9.23. The van der Waals surface area contributed by atoms with Crippen molar-refractivity contribution < 1.29 is 0 Å². The van der Waals surface area contributed by atoms with Crippen LogP contribution in [-0.4, -0.2) is 20.2 Å². The molecule has 0 saturated carbocycles. The maximum atomic E-state index is 11.2. The van der Waals surface area contributed by atoms with Gasteiger partial charge in [-0.2, -0.15) is 4.68 Å². The van der Waals surface area contributed by atoms with Gasteiger partial charge in [0.15, 0.2) is 0 Å². The molecule has 0 aliphatic carbocycles. The SMILES string of the molecule is O=c1[nH]nnn1-c1cccc(Cl)c1Cl. The molecule has 1 N–H and O–H groups in total. The summed E-state index contributed by atoms with van der Waals surface area (Å²) in [6.07, 6.45) is 0. The fraction of sp³-hybridized carbons (Fsp3) is 0. The first-order valence-corrected chi connectivity index (χ1v) is 4.40. The fourth-order valence-corrected chi connectivity index (χ4v) is 1.39. The molecule has 7 heteroatoms. The van der Waals surface area contributed by atoms with Crippen molar-refractivity contribution in [2.24, 2.45) is 0 Å². The lowest BCUT2D eigenvalue weighted by molar-refractivity contribution is 0.780. The molecular weight excluding hydrogens is 227 g/mol. The zero-order valence-electron chi connectivity index (χ0n) is 6.74. The van der Waals surface area contributed by atoms with Crippen molar-refractivity contribution in [1.82, 2.24) is 20.2 Å². The molecule has 1 aromatic heterocycles. The summed E-state index contributed by atoms with van der Waals surface area (Å²) in [7, 11) is 0. The van der Waals surface area contributed by atoms with Crippen molar-refractivity contribution in [2.45, 2.75) is 0 Å². The van der Waals surface area contributed by atoms with E-state index in [-0.39, 0.29) is 5.02 Å². The molecule has 0 unspecified atom stereocenters. The third kappa shape index (κ3) is 1.40. The van der Waals surface area contributed by atoms with Gasteiger partial charge in [0.25, 0.3) is 0 Å². The van der Waals surface area contributed by atoms with Gasteiger partial charge >= 0.3 is 5.69 Å². The summed E-state index contributed by atoms with van der Waals surface area (Å²) in [6, 6.07) is 4.92.